The van der Waals surface area contributed by atoms with Crippen LogP contribution in [-0.4, -0.2) is 31.1 Å². The van der Waals surface area contributed by atoms with Crippen molar-refractivity contribution >= 4 is 41.4 Å². The second-order valence-electron chi connectivity index (χ2n) is 7.39. The Hall–Kier alpha value is -3.90. The summed E-state index contributed by atoms with van der Waals surface area (Å²) in [6, 6.07) is 23.6. The minimum Gasteiger partial charge on any atom is -0.372 e. The van der Waals surface area contributed by atoms with Crippen LogP contribution in [0.3, 0.4) is 0 Å². The van der Waals surface area contributed by atoms with Gasteiger partial charge in [-0.15, -0.1) is 0 Å². The van der Waals surface area contributed by atoms with Gasteiger partial charge in [-0.05, 0) is 67.4 Å². The Labute approximate surface area is 204 Å². The van der Waals surface area contributed by atoms with Gasteiger partial charge in [-0.1, -0.05) is 54.1 Å². The van der Waals surface area contributed by atoms with Gasteiger partial charge in [0.2, 0.25) is 0 Å². The van der Waals surface area contributed by atoms with E-state index in [9.17, 15) is 9.59 Å². The smallest absolute Gasteiger partial charge is 0.287 e. The lowest BCUT2D eigenvalue weighted by molar-refractivity contribution is -0.117. The second-order valence-corrected chi connectivity index (χ2v) is 7.83. The van der Waals surface area contributed by atoms with Gasteiger partial charge in [-0.25, -0.2) is 5.43 Å². The Morgan fingerprint density at radius 3 is 2.12 bits per heavy atom. The summed E-state index contributed by atoms with van der Waals surface area (Å²) in [4.78, 5) is 27.8. The molecule has 0 unspecified atom stereocenters. The average Bonchev–Trinajstić information content (AvgIpc) is 2.87. The van der Waals surface area contributed by atoms with Gasteiger partial charge in [0.25, 0.3) is 11.8 Å². The Morgan fingerprint density at radius 2 is 1.50 bits per heavy atom. The van der Waals surface area contributed by atoms with Crippen LogP contribution in [0.1, 0.15) is 35.3 Å². The fourth-order valence-electron chi connectivity index (χ4n) is 3.25. The van der Waals surface area contributed by atoms with Gasteiger partial charge in [-0.3, -0.25) is 9.59 Å². The van der Waals surface area contributed by atoms with E-state index in [1.54, 1.807) is 54.6 Å². The molecule has 0 aromatic heterocycles. The maximum Gasteiger partial charge on any atom is 0.287 e. The lowest BCUT2D eigenvalue weighted by Crippen LogP contribution is -2.32. The van der Waals surface area contributed by atoms with E-state index in [2.05, 4.69) is 34.6 Å². The standard InChI is InChI=1S/C27H27ClN4O2/c1-3-32(4-2)24-16-12-20(13-17-24)18-25(30-26(33)22-8-6-5-7-9-22)27(34)31-29-19-21-10-14-23(28)15-11-21/h5-19H,3-4H2,1-2H3,(H,30,33)(H,31,34)/b25-18+,29-19+. The fourth-order valence-corrected chi connectivity index (χ4v) is 3.38. The Balaban J connectivity index is 1.81. The van der Waals surface area contributed by atoms with Crippen molar-refractivity contribution in [3.63, 3.8) is 0 Å². The van der Waals surface area contributed by atoms with Crippen molar-refractivity contribution in [2.24, 2.45) is 5.10 Å². The Bertz CT molecular complexity index is 1150. The van der Waals surface area contributed by atoms with Gasteiger partial charge in [0, 0.05) is 29.4 Å². The summed E-state index contributed by atoms with van der Waals surface area (Å²) >= 11 is 5.89. The van der Waals surface area contributed by atoms with Crippen molar-refractivity contribution in [3.8, 4) is 0 Å². The van der Waals surface area contributed by atoms with Crippen LogP contribution in [0.5, 0.6) is 0 Å². The van der Waals surface area contributed by atoms with Crippen molar-refractivity contribution < 1.29 is 9.59 Å². The van der Waals surface area contributed by atoms with Crippen LogP contribution in [0.2, 0.25) is 5.02 Å². The highest BCUT2D eigenvalue weighted by molar-refractivity contribution is 6.30. The molecule has 0 fully saturated rings. The first kappa shape index (κ1) is 24.7. The summed E-state index contributed by atoms with van der Waals surface area (Å²) in [5.41, 5.74) is 5.64. The molecule has 0 aliphatic heterocycles. The minimum absolute atomic E-state index is 0.0812. The van der Waals surface area contributed by atoms with Gasteiger partial charge in [0.1, 0.15) is 5.70 Å². The molecule has 174 valence electrons. The molecule has 0 spiro atoms. The molecular weight excluding hydrogens is 448 g/mol. The zero-order chi connectivity index (χ0) is 24.3. The summed E-state index contributed by atoms with van der Waals surface area (Å²) in [5, 5.41) is 7.33. The third kappa shape index (κ3) is 7.05. The molecule has 0 aliphatic carbocycles. The molecule has 2 N–H and O–H groups in total. The van der Waals surface area contributed by atoms with E-state index in [0.717, 1.165) is 29.9 Å². The molecule has 7 heteroatoms. The lowest BCUT2D eigenvalue weighted by Gasteiger charge is -2.20. The Kier molecular flexibility index (Phi) is 9.00. The topological polar surface area (TPSA) is 73.8 Å². The number of hydrogen-bond acceptors (Lipinski definition) is 4. The van der Waals surface area contributed by atoms with E-state index in [1.165, 1.54) is 6.21 Å². The normalized spacial score (nSPS) is 11.3. The quantitative estimate of drug-likeness (QED) is 0.257. The number of carbonyl (C=O) groups is 2. The van der Waals surface area contributed by atoms with Gasteiger partial charge in [-0.2, -0.15) is 5.10 Å². The highest BCUT2D eigenvalue weighted by Gasteiger charge is 2.14. The van der Waals surface area contributed by atoms with Crippen molar-refractivity contribution in [3.05, 3.63) is 106 Å². The van der Waals surface area contributed by atoms with Crippen LogP contribution in [0.4, 0.5) is 5.69 Å². The predicted molar refractivity (Wildman–Crippen MR) is 139 cm³/mol. The first-order chi connectivity index (χ1) is 16.5. The maximum atomic E-state index is 12.9. The number of rotatable bonds is 9. The summed E-state index contributed by atoms with van der Waals surface area (Å²) in [6.07, 6.45) is 3.13. The van der Waals surface area contributed by atoms with Gasteiger partial charge >= 0.3 is 0 Å². The number of benzene rings is 3. The monoisotopic (exact) mass is 474 g/mol. The van der Waals surface area contributed by atoms with Crippen molar-refractivity contribution in [2.45, 2.75) is 13.8 Å². The molecule has 2 amide bonds. The van der Waals surface area contributed by atoms with E-state index in [0.29, 0.717) is 10.6 Å². The second kappa shape index (κ2) is 12.4. The van der Waals surface area contributed by atoms with Crippen molar-refractivity contribution in [2.75, 3.05) is 18.0 Å². The number of hydrazone groups is 1. The highest BCUT2D eigenvalue weighted by atomic mass is 35.5. The number of amides is 2. The molecule has 0 saturated carbocycles. The Morgan fingerprint density at radius 1 is 0.882 bits per heavy atom. The zero-order valence-corrected chi connectivity index (χ0v) is 19.9. The van der Waals surface area contributed by atoms with E-state index >= 15 is 0 Å². The van der Waals surface area contributed by atoms with Crippen LogP contribution >= 0.6 is 11.6 Å². The number of anilines is 1. The number of halogens is 1. The first-order valence-electron chi connectivity index (χ1n) is 11.0. The molecule has 34 heavy (non-hydrogen) atoms. The molecule has 6 nitrogen and oxygen atoms in total. The maximum absolute atomic E-state index is 12.9. The third-order valence-electron chi connectivity index (χ3n) is 5.11. The molecule has 0 saturated heterocycles. The van der Waals surface area contributed by atoms with E-state index in [-0.39, 0.29) is 11.6 Å². The zero-order valence-electron chi connectivity index (χ0n) is 19.2. The average molecular weight is 475 g/mol. The van der Waals surface area contributed by atoms with Crippen molar-refractivity contribution in [1.29, 1.82) is 0 Å². The van der Waals surface area contributed by atoms with Gasteiger partial charge < -0.3 is 10.2 Å². The SMILES string of the molecule is CCN(CC)c1ccc(/C=C(/NC(=O)c2ccccc2)C(=O)N/N=C/c2ccc(Cl)cc2)cc1. The first-order valence-corrected chi connectivity index (χ1v) is 11.4. The fraction of sp³-hybridized carbons (Fsp3) is 0.148. The van der Waals surface area contributed by atoms with Crippen LogP contribution in [0.15, 0.2) is 89.7 Å². The van der Waals surface area contributed by atoms with Crippen LogP contribution in [-0.2, 0) is 4.79 Å². The van der Waals surface area contributed by atoms with Gasteiger partial charge in [0.05, 0.1) is 6.21 Å². The van der Waals surface area contributed by atoms with E-state index < -0.39 is 5.91 Å². The van der Waals surface area contributed by atoms with E-state index in [4.69, 9.17) is 11.6 Å². The molecule has 3 rings (SSSR count). The largest absolute Gasteiger partial charge is 0.372 e. The summed E-state index contributed by atoms with van der Waals surface area (Å²) < 4.78 is 0. The predicted octanol–water partition coefficient (Wildman–Crippen LogP) is 5.11. The number of carbonyl (C=O) groups excluding carboxylic acids is 2. The third-order valence-corrected chi connectivity index (χ3v) is 5.36. The molecule has 0 bridgehead atoms. The number of nitrogens with zero attached hydrogens (tertiary/aromatic N) is 2. The van der Waals surface area contributed by atoms with E-state index in [1.807, 2.05) is 30.3 Å². The molecule has 0 heterocycles. The molecular formula is C27H27ClN4O2. The highest BCUT2D eigenvalue weighted by Crippen LogP contribution is 2.17. The molecule has 0 atom stereocenters. The van der Waals surface area contributed by atoms with Gasteiger partial charge in [0.15, 0.2) is 0 Å². The summed E-state index contributed by atoms with van der Waals surface area (Å²) in [6.45, 7) is 6.00. The van der Waals surface area contributed by atoms with Crippen molar-refractivity contribution in [1.82, 2.24) is 10.7 Å². The molecule has 3 aromatic carbocycles. The molecule has 0 aliphatic rings. The molecule has 0 radical (unpaired) electrons. The lowest BCUT2D eigenvalue weighted by atomic mass is 10.1. The number of nitrogens with one attached hydrogen (secondary N) is 2. The van der Waals surface area contributed by atoms with Crippen LogP contribution < -0.4 is 15.6 Å². The summed E-state index contributed by atoms with van der Waals surface area (Å²) in [7, 11) is 0. The number of hydrogen-bond donors (Lipinski definition) is 2. The summed E-state index contributed by atoms with van der Waals surface area (Å²) in [5.74, 6) is -0.925. The van der Waals surface area contributed by atoms with Crippen LogP contribution in [0.25, 0.3) is 6.08 Å². The minimum atomic E-state index is -0.540. The van der Waals surface area contributed by atoms with Crippen LogP contribution in [0, 0.1) is 0 Å². The molecule has 3 aromatic rings.